The lowest BCUT2D eigenvalue weighted by molar-refractivity contribution is -0.111. The van der Waals surface area contributed by atoms with Crippen molar-refractivity contribution >= 4 is 6.41 Å². The van der Waals surface area contributed by atoms with Gasteiger partial charge in [0.05, 0.1) is 0 Å². The number of amides is 1. The summed E-state index contributed by atoms with van der Waals surface area (Å²) in [6.07, 6.45) is 3.79. The van der Waals surface area contributed by atoms with Crippen molar-refractivity contribution in [1.29, 1.82) is 0 Å². The van der Waals surface area contributed by atoms with Crippen LogP contribution >= 0.6 is 0 Å². The van der Waals surface area contributed by atoms with E-state index >= 15 is 0 Å². The van der Waals surface area contributed by atoms with Gasteiger partial charge in [0.1, 0.15) is 11.4 Å². The Hall–Kier alpha value is -1.51. The molecule has 90 valence electrons. The third-order valence-corrected chi connectivity index (χ3v) is 3.94. The monoisotopic (exact) mass is 231 g/mol. The van der Waals surface area contributed by atoms with Gasteiger partial charge in [-0.2, -0.15) is 0 Å². The molecule has 2 unspecified atom stereocenters. The van der Waals surface area contributed by atoms with E-state index < -0.39 is 0 Å². The molecule has 1 amide bonds. The first-order chi connectivity index (χ1) is 8.20. The van der Waals surface area contributed by atoms with Crippen LogP contribution in [0.25, 0.3) is 0 Å². The molecule has 1 aliphatic heterocycles. The van der Waals surface area contributed by atoms with E-state index in [2.05, 4.69) is 24.4 Å². The zero-order valence-corrected chi connectivity index (χ0v) is 9.98. The number of carbonyl (C=O) groups is 1. The molecule has 1 heterocycles. The molecule has 1 saturated carbocycles. The molecule has 0 radical (unpaired) electrons. The molecule has 1 fully saturated rings. The molecule has 1 aromatic carbocycles. The van der Waals surface area contributed by atoms with Crippen LogP contribution in [0.2, 0.25) is 0 Å². The van der Waals surface area contributed by atoms with Crippen molar-refractivity contribution in [1.82, 2.24) is 5.32 Å². The van der Waals surface area contributed by atoms with E-state index in [1.54, 1.807) is 0 Å². The van der Waals surface area contributed by atoms with Gasteiger partial charge in [-0.15, -0.1) is 0 Å². The molecule has 2 aliphatic rings. The lowest BCUT2D eigenvalue weighted by Gasteiger charge is -2.46. The first kappa shape index (κ1) is 10.6. The van der Waals surface area contributed by atoms with E-state index in [0.717, 1.165) is 31.4 Å². The van der Waals surface area contributed by atoms with Gasteiger partial charge in [0.25, 0.3) is 0 Å². The van der Waals surface area contributed by atoms with E-state index in [-0.39, 0.29) is 11.6 Å². The third-order valence-electron chi connectivity index (χ3n) is 3.94. The largest absolute Gasteiger partial charge is 0.487 e. The average molecular weight is 231 g/mol. The minimum atomic E-state index is -0.127. The number of ether oxygens (including phenoxy) is 1. The molecular weight excluding hydrogens is 214 g/mol. The topological polar surface area (TPSA) is 38.3 Å². The number of rotatable bonds is 2. The molecule has 0 aromatic heterocycles. The van der Waals surface area contributed by atoms with Gasteiger partial charge < -0.3 is 10.1 Å². The SMILES string of the molecule is CC12CC(C[C@H](NC=O)C1)c1ccccc1O2. The van der Waals surface area contributed by atoms with Gasteiger partial charge in [-0.3, -0.25) is 4.79 Å². The summed E-state index contributed by atoms with van der Waals surface area (Å²) in [5.74, 6) is 1.53. The number of hydrogen-bond donors (Lipinski definition) is 1. The molecule has 3 rings (SSSR count). The maximum Gasteiger partial charge on any atom is 0.207 e. The Labute approximate surface area is 101 Å². The standard InChI is InChI=1S/C14H17NO2/c1-14-7-10(6-11(8-14)15-9-16)12-4-2-3-5-13(12)17-14/h2-5,9-11H,6-8H2,1H3,(H,15,16)/t10?,11-,14?/m0/s1. The molecule has 3 atom stereocenters. The van der Waals surface area contributed by atoms with Gasteiger partial charge in [-0.05, 0) is 37.3 Å². The van der Waals surface area contributed by atoms with Crippen LogP contribution in [0.15, 0.2) is 24.3 Å². The number of hydrogen-bond acceptors (Lipinski definition) is 2. The van der Waals surface area contributed by atoms with E-state index in [9.17, 15) is 4.79 Å². The quantitative estimate of drug-likeness (QED) is 0.793. The Bertz CT molecular complexity index is 446. The van der Waals surface area contributed by atoms with Crippen LogP contribution in [0.1, 0.15) is 37.7 Å². The van der Waals surface area contributed by atoms with Crippen LogP contribution in [0.3, 0.4) is 0 Å². The highest BCUT2D eigenvalue weighted by Crippen LogP contribution is 2.48. The second-order valence-electron chi connectivity index (χ2n) is 5.41. The molecule has 1 aromatic rings. The number of carbonyl (C=O) groups excluding carboxylic acids is 1. The molecule has 1 aliphatic carbocycles. The van der Waals surface area contributed by atoms with Crippen molar-refractivity contribution in [2.24, 2.45) is 0 Å². The zero-order valence-electron chi connectivity index (χ0n) is 9.98. The summed E-state index contributed by atoms with van der Waals surface area (Å²) in [5.41, 5.74) is 1.17. The fourth-order valence-electron chi connectivity index (χ4n) is 3.36. The molecule has 0 saturated heterocycles. The smallest absolute Gasteiger partial charge is 0.207 e. The number of nitrogens with one attached hydrogen (secondary N) is 1. The van der Waals surface area contributed by atoms with Gasteiger partial charge in [0.2, 0.25) is 6.41 Å². The fourth-order valence-corrected chi connectivity index (χ4v) is 3.36. The molecule has 1 N–H and O–H groups in total. The van der Waals surface area contributed by atoms with Crippen LogP contribution in [-0.2, 0) is 4.79 Å². The van der Waals surface area contributed by atoms with Crippen LogP contribution in [0, 0.1) is 0 Å². The molecule has 17 heavy (non-hydrogen) atoms. The summed E-state index contributed by atoms with van der Waals surface area (Å²) in [4.78, 5) is 10.6. The summed E-state index contributed by atoms with van der Waals surface area (Å²) in [5, 5.41) is 2.91. The summed E-state index contributed by atoms with van der Waals surface area (Å²) in [7, 11) is 0. The minimum absolute atomic E-state index is 0.127. The molecule has 2 bridgehead atoms. The van der Waals surface area contributed by atoms with Gasteiger partial charge in [-0.25, -0.2) is 0 Å². The minimum Gasteiger partial charge on any atom is -0.487 e. The third kappa shape index (κ3) is 1.79. The summed E-state index contributed by atoms with van der Waals surface area (Å²) >= 11 is 0. The van der Waals surface area contributed by atoms with E-state index in [0.29, 0.717) is 5.92 Å². The van der Waals surface area contributed by atoms with Crippen molar-refractivity contribution in [2.45, 2.75) is 43.7 Å². The molecular formula is C14H17NO2. The highest BCUT2D eigenvalue weighted by molar-refractivity contribution is 5.47. The summed E-state index contributed by atoms with van der Waals surface area (Å²) in [6.45, 7) is 2.15. The molecule has 3 nitrogen and oxygen atoms in total. The Morgan fingerprint density at radius 3 is 3.06 bits per heavy atom. The van der Waals surface area contributed by atoms with Gasteiger partial charge >= 0.3 is 0 Å². The van der Waals surface area contributed by atoms with E-state index in [1.165, 1.54) is 5.56 Å². The fraction of sp³-hybridized carbons (Fsp3) is 0.500. The van der Waals surface area contributed by atoms with Crippen molar-refractivity contribution in [2.75, 3.05) is 0 Å². The molecule has 0 spiro atoms. The normalized spacial score (nSPS) is 34.4. The van der Waals surface area contributed by atoms with E-state index in [1.807, 2.05) is 12.1 Å². The first-order valence-corrected chi connectivity index (χ1v) is 6.18. The van der Waals surface area contributed by atoms with Crippen molar-refractivity contribution < 1.29 is 9.53 Å². The van der Waals surface area contributed by atoms with Gasteiger partial charge in [0.15, 0.2) is 0 Å². The highest BCUT2D eigenvalue weighted by Gasteiger charge is 2.43. The van der Waals surface area contributed by atoms with E-state index in [4.69, 9.17) is 4.74 Å². The van der Waals surface area contributed by atoms with Crippen molar-refractivity contribution in [3.63, 3.8) is 0 Å². The lowest BCUT2D eigenvalue weighted by atomic mass is 9.71. The summed E-state index contributed by atoms with van der Waals surface area (Å²) in [6, 6.07) is 8.51. The predicted molar refractivity (Wildman–Crippen MR) is 65.1 cm³/mol. The maximum absolute atomic E-state index is 10.6. The lowest BCUT2D eigenvalue weighted by Crippen LogP contribution is -2.49. The van der Waals surface area contributed by atoms with Gasteiger partial charge in [0, 0.05) is 12.5 Å². The Balaban J connectivity index is 1.95. The van der Waals surface area contributed by atoms with Crippen molar-refractivity contribution in [3.8, 4) is 5.75 Å². The van der Waals surface area contributed by atoms with Crippen molar-refractivity contribution in [3.05, 3.63) is 29.8 Å². The van der Waals surface area contributed by atoms with Gasteiger partial charge in [-0.1, -0.05) is 18.2 Å². The number of para-hydroxylation sites is 1. The zero-order chi connectivity index (χ0) is 11.9. The summed E-state index contributed by atoms with van der Waals surface area (Å²) < 4.78 is 6.11. The average Bonchev–Trinajstić information content (AvgIpc) is 2.28. The van der Waals surface area contributed by atoms with Crippen LogP contribution in [0.5, 0.6) is 5.75 Å². The number of fused-ring (bicyclic) bond motifs is 4. The number of benzene rings is 1. The predicted octanol–water partition coefficient (Wildman–Crippen LogP) is 2.22. The Morgan fingerprint density at radius 1 is 1.41 bits per heavy atom. The second-order valence-corrected chi connectivity index (χ2v) is 5.41. The van der Waals surface area contributed by atoms with Crippen LogP contribution < -0.4 is 10.1 Å². The Kier molecular flexibility index (Phi) is 2.35. The van der Waals surface area contributed by atoms with Crippen LogP contribution in [0.4, 0.5) is 0 Å². The molecule has 3 heteroatoms. The highest BCUT2D eigenvalue weighted by atomic mass is 16.5. The Morgan fingerprint density at radius 2 is 2.24 bits per heavy atom. The first-order valence-electron chi connectivity index (χ1n) is 6.18. The van der Waals surface area contributed by atoms with Crippen LogP contribution in [-0.4, -0.2) is 18.1 Å². The second kappa shape index (κ2) is 3.76. The maximum atomic E-state index is 10.6.